The molecule has 1 aromatic heterocycles. The Morgan fingerprint density at radius 2 is 1.89 bits per heavy atom. The van der Waals surface area contributed by atoms with E-state index in [2.05, 4.69) is 0 Å². The fourth-order valence-electron chi connectivity index (χ4n) is 3.03. The first kappa shape index (κ1) is 20.1. The highest BCUT2D eigenvalue weighted by Crippen LogP contribution is 2.24. The van der Waals surface area contributed by atoms with Gasteiger partial charge in [0.25, 0.3) is 5.91 Å². The number of benzene rings is 1. The van der Waals surface area contributed by atoms with Gasteiger partial charge in [0.05, 0.1) is 13.0 Å². The summed E-state index contributed by atoms with van der Waals surface area (Å²) >= 11 is 1.71. The molecule has 0 fully saturated rings. The number of ether oxygens (including phenoxy) is 2. The van der Waals surface area contributed by atoms with Gasteiger partial charge in [0.2, 0.25) is 0 Å². The largest absolute Gasteiger partial charge is 0.494 e. The van der Waals surface area contributed by atoms with E-state index in [0.717, 1.165) is 12.0 Å². The molecular weight excluding hydrogens is 378 g/mol. The quantitative estimate of drug-likeness (QED) is 0.502. The Kier molecular flexibility index (Phi) is 6.81. The summed E-state index contributed by atoms with van der Waals surface area (Å²) in [4.78, 5) is 39.3. The topological polar surface area (TPSA) is 72.9 Å². The summed E-state index contributed by atoms with van der Waals surface area (Å²) in [5, 5.41) is 2.03. The van der Waals surface area contributed by atoms with Gasteiger partial charge in [0.1, 0.15) is 5.75 Å². The first-order chi connectivity index (χ1) is 13.6. The molecule has 0 radical (unpaired) electrons. The SMILES string of the molecule is CCOc1ccc(C(=O)CCC(=O)OCC(=O)N2CCc3sccc3C2)cc1. The summed E-state index contributed by atoms with van der Waals surface area (Å²) in [6, 6.07) is 8.84. The van der Waals surface area contributed by atoms with Crippen molar-refractivity contribution in [3.8, 4) is 5.75 Å². The van der Waals surface area contributed by atoms with Crippen molar-refractivity contribution in [3.63, 3.8) is 0 Å². The zero-order valence-electron chi connectivity index (χ0n) is 15.8. The van der Waals surface area contributed by atoms with Gasteiger partial charge in [-0.1, -0.05) is 0 Å². The van der Waals surface area contributed by atoms with Crippen molar-refractivity contribution in [2.75, 3.05) is 19.8 Å². The third-order valence-electron chi connectivity index (χ3n) is 4.56. The summed E-state index contributed by atoms with van der Waals surface area (Å²) in [7, 11) is 0. The van der Waals surface area contributed by atoms with Crippen LogP contribution in [0.4, 0.5) is 0 Å². The number of hydrogen-bond acceptors (Lipinski definition) is 6. The van der Waals surface area contributed by atoms with Crippen molar-refractivity contribution in [1.82, 2.24) is 4.90 Å². The third-order valence-corrected chi connectivity index (χ3v) is 5.58. The second kappa shape index (κ2) is 9.50. The molecule has 0 saturated carbocycles. The van der Waals surface area contributed by atoms with E-state index in [-0.39, 0.29) is 31.1 Å². The predicted octanol–water partition coefficient (Wildman–Crippen LogP) is 3.24. The van der Waals surface area contributed by atoms with E-state index in [1.54, 1.807) is 40.5 Å². The highest BCUT2D eigenvalue weighted by atomic mass is 32.1. The van der Waals surface area contributed by atoms with E-state index in [1.807, 2.05) is 18.4 Å². The van der Waals surface area contributed by atoms with Gasteiger partial charge in [-0.05, 0) is 54.6 Å². The number of nitrogens with zero attached hydrogens (tertiary/aromatic N) is 1. The molecule has 0 N–H and O–H groups in total. The molecule has 0 atom stereocenters. The maximum Gasteiger partial charge on any atom is 0.306 e. The Bertz CT molecular complexity index is 843. The van der Waals surface area contributed by atoms with Crippen LogP contribution in [0.2, 0.25) is 0 Å². The van der Waals surface area contributed by atoms with Gasteiger partial charge in [0.15, 0.2) is 12.4 Å². The number of esters is 1. The van der Waals surface area contributed by atoms with Gasteiger partial charge >= 0.3 is 5.97 Å². The summed E-state index contributed by atoms with van der Waals surface area (Å²) < 4.78 is 10.4. The normalized spacial score (nSPS) is 13.0. The van der Waals surface area contributed by atoms with Crippen molar-refractivity contribution in [2.45, 2.75) is 32.7 Å². The van der Waals surface area contributed by atoms with Gasteiger partial charge in [-0.15, -0.1) is 11.3 Å². The number of hydrogen-bond donors (Lipinski definition) is 0. The van der Waals surface area contributed by atoms with Gasteiger partial charge < -0.3 is 14.4 Å². The van der Waals surface area contributed by atoms with Crippen molar-refractivity contribution in [2.24, 2.45) is 0 Å². The average molecular weight is 401 g/mol. The van der Waals surface area contributed by atoms with Crippen LogP contribution in [0.15, 0.2) is 35.7 Å². The van der Waals surface area contributed by atoms with Crippen LogP contribution in [0.5, 0.6) is 5.75 Å². The molecule has 0 aliphatic carbocycles. The highest BCUT2D eigenvalue weighted by molar-refractivity contribution is 7.10. The fourth-order valence-corrected chi connectivity index (χ4v) is 3.92. The summed E-state index contributed by atoms with van der Waals surface area (Å²) in [5.41, 5.74) is 1.68. The predicted molar refractivity (Wildman–Crippen MR) is 106 cm³/mol. The molecule has 0 bridgehead atoms. The molecule has 1 aliphatic heterocycles. The Balaban J connectivity index is 1.39. The molecule has 1 aliphatic rings. The lowest BCUT2D eigenvalue weighted by Gasteiger charge is -2.26. The lowest BCUT2D eigenvalue weighted by molar-refractivity contribution is -0.152. The van der Waals surface area contributed by atoms with Crippen LogP contribution in [0.25, 0.3) is 0 Å². The molecule has 0 unspecified atom stereocenters. The molecule has 7 heteroatoms. The number of amides is 1. The lowest BCUT2D eigenvalue weighted by Crippen LogP contribution is -2.38. The van der Waals surface area contributed by atoms with Crippen LogP contribution in [0.3, 0.4) is 0 Å². The zero-order valence-corrected chi connectivity index (χ0v) is 16.6. The second-order valence-corrected chi connectivity index (χ2v) is 7.48. The maximum absolute atomic E-state index is 12.3. The Morgan fingerprint density at radius 1 is 1.11 bits per heavy atom. The second-order valence-electron chi connectivity index (χ2n) is 6.48. The monoisotopic (exact) mass is 401 g/mol. The molecule has 148 valence electrons. The van der Waals surface area contributed by atoms with Crippen LogP contribution in [-0.4, -0.2) is 42.3 Å². The minimum Gasteiger partial charge on any atom is -0.494 e. The van der Waals surface area contributed by atoms with E-state index >= 15 is 0 Å². The number of thiophene rings is 1. The number of rotatable bonds is 8. The average Bonchev–Trinajstić information content (AvgIpc) is 3.19. The standard InChI is InChI=1S/C21H23NO5S/c1-2-26-17-5-3-15(4-6-17)18(23)7-8-21(25)27-14-20(24)22-11-9-19-16(13-22)10-12-28-19/h3-6,10,12H,2,7-9,11,13-14H2,1H3. The van der Waals surface area contributed by atoms with E-state index in [0.29, 0.717) is 31.0 Å². The van der Waals surface area contributed by atoms with Crippen molar-refractivity contribution in [1.29, 1.82) is 0 Å². The molecule has 0 spiro atoms. The Hall–Kier alpha value is -2.67. The van der Waals surface area contributed by atoms with Gasteiger partial charge in [0, 0.05) is 30.0 Å². The minimum atomic E-state index is -0.541. The van der Waals surface area contributed by atoms with Gasteiger partial charge in [-0.3, -0.25) is 14.4 Å². The smallest absolute Gasteiger partial charge is 0.306 e. The van der Waals surface area contributed by atoms with Gasteiger partial charge in [-0.2, -0.15) is 0 Å². The third kappa shape index (κ3) is 5.19. The van der Waals surface area contributed by atoms with Crippen LogP contribution in [-0.2, 0) is 27.3 Å². The van der Waals surface area contributed by atoms with Crippen LogP contribution in [0.1, 0.15) is 40.6 Å². The highest BCUT2D eigenvalue weighted by Gasteiger charge is 2.22. The van der Waals surface area contributed by atoms with E-state index in [1.165, 1.54) is 4.88 Å². The zero-order chi connectivity index (χ0) is 19.9. The first-order valence-corrected chi connectivity index (χ1v) is 10.2. The maximum atomic E-state index is 12.3. The van der Waals surface area contributed by atoms with Crippen LogP contribution >= 0.6 is 11.3 Å². The number of carbonyl (C=O) groups is 3. The molecule has 1 amide bonds. The number of ketones is 1. The van der Waals surface area contributed by atoms with Crippen molar-refractivity contribution >= 4 is 29.0 Å². The number of Topliss-reactive ketones (excluding diaryl/α,β-unsaturated/α-hetero) is 1. The Morgan fingerprint density at radius 3 is 2.64 bits per heavy atom. The van der Waals surface area contributed by atoms with Crippen molar-refractivity contribution in [3.05, 3.63) is 51.7 Å². The summed E-state index contributed by atoms with van der Waals surface area (Å²) in [6.45, 7) is 3.37. The molecule has 6 nitrogen and oxygen atoms in total. The summed E-state index contributed by atoms with van der Waals surface area (Å²) in [6.07, 6.45) is 0.834. The minimum absolute atomic E-state index is 0.0446. The van der Waals surface area contributed by atoms with E-state index in [4.69, 9.17) is 9.47 Å². The Labute approximate surface area is 168 Å². The van der Waals surface area contributed by atoms with Gasteiger partial charge in [-0.25, -0.2) is 0 Å². The molecule has 1 aromatic carbocycles. The van der Waals surface area contributed by atoms with Crippen LogP contribution in [0, 0.1) is 0 Å². The fraction of sp³-hybridized carbons (Fsp3) is 0.381. The molecular formula is C21H23NO5S. The molecule has 28 heavy (non-hydrogen) atoms. The number of fused-ring (bicyclic) bond motifs is 1. The molecule has 2 heterocycles. The van der Waals surface area contributed by atoms with Crippen molar-refractivity contribution < 1.29 is 23.9 Å². The number of carbonyl (C=O) groups excluding carboxylic acids is 3. The lowest BCUT2D eigenvalue weighted by atomic mass is 10.1. The van der Waals surface area contributed by atoms with Crippen LogP contribution < -0.4 is 4.74 Å². The van der Waals surface area contributed by atoms with E-state index < -0.39 is 5.97 Å². The molecule has 3 rings (SSSR count). The molecule has 0 saturated heterocycles. The first-order valence-electron chi connectivity index (χ1n) is 9.31. The van der Waals surface area contributed by atoms with E-state index in [9.17, 15) is 14.4 Å². The molecule has 2 aromatic rings. The summed E-state index contributed by atoms with van der Waals surface area (Å²) in [5.74, 6) is -0.194.